The van der Waals surface area contributed by atoms with E-state index in [1.165, 1.54) is 0 Å². The molecule has 2 aliphatic rings. The molecular formula is C13H10Cl2N2O2S. The van der Waals surface area contributed by atoms with Crippen LogP contribution in [0.1, 0.15) is 5.56 Å². The van der Waals surface area contributed by atoms with Crippen molar-refractivity contribution in [2.75, 3.05) is 12.3 Å². The number of sulfonamides is 1. The third-order valence-electron chi connectivity index (χ3n) is 3.08. The van der Waals surface area contributed by atoms with Gasteiger partial charge in [-0.3, -0.25) is 0 Å². The van der Waals surface area contributed by atoms with E-state index in [9.17, 15) is 8.42 Å². The van der Waals surface area contributed by atoms with Gasteiger partial charge in [-0.25, -0.2) is 8.42 Å². The molecule has 20 heavy (non-hydrogen) atoms. The first-order valence-electron chi connectivity index (χ1n) is 5.90. The predicted molar refractivity (Wildman–Crippen MR) is 81.5 cm³/mol. The molecule has 0 fully saturated rings. The number of hydrogen-bond donors (Lipinski definition) is 0. The minimum absolute atomic E-state index is 0.0113. The molecule has 3 rings (SSSR count). The van der Waals surface area contributed by atoms with Gasteiger partial charge in [-0.1, -0.05) is 23.2 Å². The molecule has 104 valence electrons. The summed E-state index contributed by atoms with van der Waals surface area (Å²) in [5, 5.41) is 1.03. The smallest absolute Gasteiger partial charge is 0.256 e. The highest BCUT2D eigenvalue weighted by molar-refractivity contribution is 7.90. The van der Waals surface area contributed by atoms with Crippen LogP contribution >= 0.6 is 23.2 Å². The maximum atomic E-state index is 11.7. The van der Waals surface area contributed by atoms with Crippen molar-refractivity contribution >= 4 is 44.6 Å². The van der Waals surface area contributed by atoms with Gasteiger partial charge in [0.15, 0.2) is 5.84 Å². The second-order valence-corrected chi connectivity index (χ2v) is 7.04. The van der Waals surface area contributed by atoms with Crippen molar-refractivity contribution in [2.24, 2.45) is 4.40 Å². The Balaban J connectivity index is 2.17. The van der Waals surface area contributed by atoms with Crippen LogP contribution in [0.4, 0.5) is 0 Å². The number of benzene rings is 1. The lowest BCUT2D eigenvalue weighted by atomic mass is 10.0. The fraction of sp³-hybridized carbons (Fsp3) is 0.154. The van der Waals surface area contributed by atoms with Crippen molar-refractivity contribution in [2.45, 2.75) is 0 Å². The molecule has 7 heteroatoms. The summed E-state index contributed by atoms with van der Waals surface area (Å²) < 4.78 is 27.3. The summed E-state index contributed by atoms with van der Waals surface area (Å²) in [7, 11) is -3.42. The molecule has 0 N–H and O–H groups in total. The van der Waals surface area contributed by atoms with E-state index in [0.717, 1.165) is 0 Å². The van der Waals surface area contributed by atoms with Crippen LogP contribution in [0.15, 0.2) is 40.9 Å². The summed E-state index contributed by atoms with van der Waals surface area (Å²) in [4.78, 5) is 1.80. The van der Waals surface area contributed by atoms with Crippen molar-refractivity contribution in [3.05, 3.63) is 52.2 Å². The lowest BCUT2D eigenvalue weighted by molar-refractivity contribution is 0.550. The van der Waals surface area contributed by atoms with E-state index in [-0.39, 0.29) is 5.75 Å². The first-order valence-corrected chi connectivity index (χ1v) is 8.26. The fourth-order valence-corrected chi connectivity index (χ4v) is 3.51. The molecule has 0 saturated heterocycles. The molecule has 2 aliphatic heterocycles. The lowest BCUT2D eigenvalue weighted by Gasteiger charge is -2.29. The van der Waals surface area contributed by atoms with Gasteiger partial charge in [-0.2, -0.15) is 0 Å². The Morgan fingerprint density at radius 3 is 2.85 bits per heavy atom. The summed E-state index contributed by atoms with van der Waals surface area (Å²) in [5.74, 6) is 0.403. The van der Waals surface area contributed by atoms with Crippen LogP contribution in [0.2, 0.25) is 10.0 Å². The van der Waals surface area contributed by atoms with E-state index in [1.54, 1.807) is 35.4 Å². The third-order valence-corrected chi connectivity index (χ3v) is 4.79. The van der Waals surface area contributed by atoms with Crippen LogP contribution in [0.5, 0.6) is 0 Å². The SMILES string of the molecule is O=S1(=O)CCN2C=CC=C(c3cc(Cl)ccc3Cl)C2=N1. The van der Waals surface area contributed by atoms with Crippen LogP contribution in [0.3, 0.4) is 0 Å². The van der Waals surface area contributed by atoms with Gasteiger partial charge in [0.1, 0.15) is 0 Å². The Kier molecular flexibility index (Phi) is 3.36. The molecule has 4 nitrogen and oxygen atoms in total. The largest absolute Gasteiger partial charge is 0.331 e. The Hall–Kier alpha value is -1.30. The Morgan fingerprint density at radius 1 is 1.25 bits per heavy atom. The third kappa shape index (κ3) is 2.49. The van der Waals surface area contributed by atoms with E-state index in [1.807, 2.05) is 6.08 Å². The Labute approximate surface area is 127 Å². The molecule has 0 radical (unpaired) electrons. The molecule has 0 aliphatic carbocycles. The van der Waals surface area contributed by atoms with Gasteiger partial charge < -0.3 is 4.90 Å². The number of fused-ring (bicyclic) bond motifs is 1. The zero-order chi connectivity index (χ0) is 14.3. The predicted octanol–water partition coefficient (Wildman–Crippen LogP) is 2.95. The van der Waals surface area contributed by atoms with E-state index in [2.05, 4.69) is 4.40 Å². The van der Waals surface area contributed by atoms with Crippen LogP contribution in [0.25, 0.3) is 5.57 Å². The standard InChI is InChI=1S/C13H10Cl2N2O2S/c14-9-3-4-12(15)11(8-9)10-2-1-5-17-6-7-20(18,19)16-13(10)17/h1-5,8H,6-7H2. The molecule has 0 atom stereocenters. The Morgan fingerprint density at radius 2 is 2.05 bits per heavy atom. The van der Waals surface area contributed by atoms with Crippen LogP contribution in [-0.2, 0) is 10.0 Å². The summed E-state index contributed by atoms with van der Waals surface area (Å²) in [6.45, 7) is 0.382. The van der Waals surface area contributed by atoms with Crippen molar-refractivity contribution in [3.63, 3.8) is 0 Å². The van der Waals surface area contributed by atoms with Gasteiger partial charge in [0.25, 0.3) is 10.0 Å². The van der Waals surface area contributed by atoms with Crippen LogP contribution in [0, 0.1) is 0 Å². The summed E-state index contributed by atoms with van der Waals surface area (Å²) in [5.41, 5.74) is 1.33. The zero-order valence-electron chi connectivity index (χ0n) is 10.3. The average molecular weight is 329 g/mol. The van der Waals surface area contributed by atoms with E-state index < -0.39 is 10.0 Å². The molecule has 1 aromatic rings. The molecule has 0 saturated carbocycles. The van der Waals surface area contributed by atoms with Crippen molar-refractivity contribution in [3.8, 4) is 0 Å². The van der Waals surface area contributed by atoms with Gasteiger partial charge in [0.05, 0.1) is 5.75 Å². The van der Waals surface area contributed by atoms with Crippen LogP contribution in [-0.4, -0.2) is 31.5 Å². The molecule has 0 bridgehead atoms. The molecule has 0 aromatic heterocycles. The van der Waals surface area contributed by atoms with Crippen molar-refractivity contribution < 1.29 is 8.42 Å². The highest BCUT2D eigenvalue weighted by atomic mass is 35.5. The minimum Gasteiger partial charge on any atom is -0.331 e. The minimum atomic E-state index is -3.42. The van der Waals surface area contributed by atoms with Gasteiger partial charge in [-0.05, 0) is 30.4 Å². The Bertz CT molecular complexity index is 767. The van der Waals surface area contributed by atoms with E-state index in [4.69, 9.17) is 23.2 Å². The number of allylic oxidation sites excluding steroid dienone is 2. The molecular weight excluding hydrogens is 319 g/mol. The van der Waals surface area contributed by atoms with E-state index >= 15 is 0 Å². The maximum Gasteiger partial charge on any atom is 0.256 e. The lowest BCUT2D eigenvalue weighted by Crippen LogP contribution is -2.37. The normalized spacial score (nSPS) is 20.2. The summed E-state index contributed by atoms with van der Waals surface area (Å²) in [6.07, 6.45) is 5.42. The summed E-state index contributed by atoms with van der Waals surface area (Å²) in [6, 6.07) is 5.07. The van der Waals surface area contributed by atoms with Crippen LogP contribution < -0.4 is 0 Å². The quantitative estimate of drug-likeness (QED) is 0.796. The van der Waals surface area contributed by atoms with Crippen molar-refractivity contribution in [1.29, 1.82) is 0 Å². The second kappa shape index (κ2) is 4.91. The number of halogens is 2. The maximum absolute atomic E-state index is 11.7. The van der Waals surface area contributed by atoms with Gasteiger partial charge in [0.2, 0.25) is 0 Å². The number of nitrogens with zero attached hydrogens (tertiary/aromatic N) is 2. The van der Waals surface area contributed by atoms with E-state index in [0.29, 0.717) is 33.6 Å². The molecule has 0 unspecified atom stereocenters. The summed E-state index contributed by atoms with van der Waals surface area (Å²) >= 11 is 12.2. The van der Waals surface area contributed by atoms with Gasteiger partial charge >= 0.3 is 0 Å². The molecule has 1 aromatic carbocycles. The highest BCUT2D eigenvalue weighted by Gasteiger charge is 2.28. The van der Waals surface area contributed by atoms with Crippen molar-refractivity contribution in [1.82, 2.24) is 4.90 Å². The van der Waals surface area contributed by atoms with Gasteiger partial charge in [-0.15, -0.1) is 4.40 Å². The monoisotopic (exact) mass is 328 g/mol. The molecule has 0 spiro atoms. The molecule has 0 amide bonds. The zero-order valence-corrected chi connectivity index (χ0v) is 12.6. The first kappa shape index (κ1) is 13.7. The highest BCUT2D eigenvalue weighted by Crippen LogP contribution is 2.32. The second-order valence-electron chi connectivity index (χ2n) is 4.44. The van der Waals surface area contributed by atoms with Gasteiger partial charge in [0, 0.05) is 33.9 Å². The average Bonchev–Trinajstić information content (AvgIpc) is 2.40. The topological polar surface area (TPSA) is 49.7 Å². The number of amidine groups is 1. The first-order chi connectivity index (χ1) is 9.46. The fourth-order valence-electron chi connectivity index (χ4n) is 2.13. The molecule has 2 heterocycles. The number of rotatable bonds is 1. The number of hydrogen-bond acceptors (Lipinski definition) is 3.